The summed E-state index contributed by atoms with van der Waals surface area (Å²) in [7, 11) is -3.78. The number of benzene rings is 2. The highest BCUT2D eigenvalue weighted by Crippen LogP contribution is 2.13. The lowest BCUT2D eigenvalue weighted by atomic mass is 10.2. The minimum atomic E-state index is -3.78. The third-order valence-corrected chi connectivity index (χ3v) is 5.13. The molecule has 8 heteroatoms. The topological polar surface area (TPSA) is 75.3 Å². The van der Waals surface area contributed by atoms with Crippen LogP contribution in [0.2, 0.25) is 5.02 Å². The molecule has 0 aliphatic heterocycles. The SMILES string of the molecule is CC(CS(=O)(=O)Nc1cccc(F)c1)C(=O)NCc1ccc(Cl)cc1. The summed E-state index contributed by atoms with van der Waals surface area (Å²) in [4.78, 5) is 12.1. The Hall–Kier alpha value is -2.12. The minimum Gasteiger partial charge on any atom is -0.352 e. The first-order valence-corrected chi connectivity index (χ1v) is 9.56. The van der Waals surface area contributed by atoms with Gasteiger partial charge in [0.05, 0.1) is 17.4 Å². The molecule has 0 saturated heterocycles. The predicted molar refractivity (Wildman–Crippen MR) is 96.3 cm³/mol. The van der Waals surface area contributed by atoms with E-state index in [-0.39, 0.29) is 18.1 Å². The second kappa shape index (κ2) is 8.31. The maximum absolute atomic E-state index is 13.1. The molecule has 1 amide bonds. The molecule has 0 radical (unpaired) electrons. The molecule has 0 spiro atoms. The molecule has 134 valence electrons. The van der Waals surface area contributed by atoms with E-state index in [1.54, 1.807) is 24.3 Å². The Labute approximate surface area is 151 Å². The molecule has 0 saturated carbocycles. The third-order valence-electron chi connectivity index (χ3n) is 3.39. The van der Waals surface area contributed by atoms with Gasteiger partial charge in [-0.2, -0.15) is 0 Å². The fourth-order valence-corrected chi connectivity index (χ4v) is 3.65. The molecule has 0 aromatic heterocycles. The quantitative estimate of drug-likeness (QED) is 0.769. The van der Waals surface area contributed by atoms with E-state index < -0.39 is 27.5 Å². The first-order chi connectivity index (χ1) is 11.7. The molecule has 1 unspecified atom stereocenters. The average molecular weight is 385 g/mol. The van der Waals surface area contributed by atoms with E-state index in [2.05, 4.69) is 10.0 Å². The molecule has 2 N–H and O–H groups in total. The molecule has 1 atom stereocenters. The van der Waals surface area contributed by atoms with Crippen molar-refractivity contribution in [2.75, 3.05) is 10.5 Å². The normalized spacial score (nSPS) is 12.4. The van der Waals surface area contributed by atoms with Crippen molar-refractivity contribution in [3.63, 3.8) is 0 Å². The number of hydrogen-bond donors (Lipinski definition) is 2. The second-order valence-corrected chi connectivity index (χ2v) is 7.84. The molecule has 0 heterocycles. The van der Waals surface area contributed by atoms with Gasteiger partial charge in [0.15, 0.2) is 0 Å². The van der Waals surface area contributed by atoms with Crippen molar-refractivity contribution >= 4 is 33.2 Å². The maximum atomic E-state index is 13.1. The number of carbonyl (C=O) groups excluding carboxylic acids is 1. The van der Waals surface area contributed by atoms with Gasteiger partial charge in [-0.3, -0.25) is 9.52 Å². The van der Waals surface area contributed by atoms with E-state index in [1.807, 2.05) is 0 Å². The fraction of sp³-hybridized carbons (Fsp3) is 0.235. The van der Waals surface area contributed by atoms with Crippen molar-refractivity contribution in [1.82, 2.24) is 5.32 Å². The average Bonchev–Trinajstić information content (AvgIpc) is 2.53. The van der Waals surface area contributed by atoms with Crippen LogP contribution in [0, 0.1) is 11.7 Å². The maximum Gasteiger partial charge on any atom is 0.233 e. The Morgan fingerprint density at radius 2 is 1.88 bits per heavy atom. The van der Waals surface area contributed by atoms with Gasteiger partial charge < -0.3 is 5.32 Å². The molecule has 0 aliphatic carbocycles. The molecular weight excluding hydrogens is 367 g/mol. The highest BCUT2D eigenvalue weighted by atomic mass is 35.5. The number of carbonyl (C=O) groups is 1. The zero-order valence-corrected chi connectivity index (χ0v) is 15.1. The number of anilines is 1. The lowest BCUT2D eigenvalue weighted by Gasteiger charge is -2.14. The van der Waals surface area contributed by atoms with Crippen molar-refractivity contribution in [3.05, 3.63) is 64.9 Å². The summed E-state index contributed by atoms with van der Waals surface area (Å²) in [5, 5.41) is 3.27. The summed E-state index contributed by atoms with van der Waals surface area (Å²) >= 11 is 5.79. The molecular formula is C17H18ClFN2O3S. The van der Waals surface area contributed by atoms with Gasteiger partial charge in [-0.1, -0.05) is 36.7 Å². The van der Waals surface area contributed by atoms with Crippen LogP contribution in [0.1, 0.15) is 12.5 Å². The number of sulfonamides is 1. The Kier molecular flexibility index (Phi) is 6.39. The van der Waals surface area contributed by atoms with Crippen molar-refractivity contribution < 1.29 is 17.6 Å². The predicted octanol–water partition coefficient (Wildman–Crippen LogP) is 3.17. The molecule has 5 nitrogen and oxygen atoms in total. The largest absolute Gasteiger partial charge is 0.352 e. The van der Waals surface area contributed by atoms with Crippen LogP contribution in [-0.4, -0.2) is 20.1 Å². The van der Waals surface area contributed by atoms with Gasteiger partial charge in [-0.25, -0.2) is 12.8 Å². The molecule has 2 rings (SSSR count). The van der Waals surface area contributed by atoms with Crippen LogP contribution in [0.5, 0.6) is 0 Å². The smallest absolute Gasteiger partial charge is 0.233 e. The Morgan fingerprint density at radius 1 is 1.20 bits per heavy atom. The molecule has 2 aromatic carbocycles. The lowest BCUT2D eigenvalue weighted by molar-refractivity contribution is -0.124. The summed E-state index contributed by atoms with van der Waals surface area (Å²) in [6, 6.07) is 12.1. The molecule has 0 bridgehead atoms. The van der Waals surface area contributed by atoms with Crippen LogP contribution in [0.25, 0.3) is 0 Å². The van der Waals surface area contributed by atoms with Crippen molar-refractivity contribution in [1.29, 1.82) is 0 Å². The van der Waals surface area contributed by atoms with Gasteiger partial charge in [0, 0.05) is 11.6 Å². The van der Waals surface area contributed by atoms with Gasteiger partial charge in [0.1, 0.15) is 5.82 Å². The number of hydrogen-bond acceptors (Lipinski definition) is 3. The lowest BCUT2D eigenvalue weighted by Crippen LogP contribution is -2.34. The number of amides is 1. The van der Waals surface area contributed by atoms with E-state index >= 15 is 0 Å². The van der Waals surface area contributed by atoms with Crippen molar-refractivity contribution in [2.24, 2.45) is 5.92 Å². The van der Waals surface area contributed by atoms with Gasteiger partial charge >= 0.3 is 0 Å². The van der Waals surface area contributed by atoms with Crippen LogP contribution in [0.15, 0.2) is 48.5 Å². The second-order valence-electron chi connectivity index (χ2n) is 5.64. The molecule has 0 fully saturated rings. The Bertz CT molecular complexity index is 841. The monoisotopic (exact) mass is 384 g/mol. The zero-order valence-electron chi connectivity index (χ0n) is 13.5. The van der Waals surface area contributed by atoms with Crippen LogP contribution < -0.4 is 10.0 Å². The Morgan fingerprint density at radius 3 is 2.52 bits per heavy atom. The Balaban J connectivity index is 1.89. The van der Waals surface area contributed by atoms with Crippen LogP contribution in [-0.2, 0) is 21.4 Å². The number of rotatable bonds is 7. The van der Waals surface area contributed by atoms with Gasteiger partial charge in [0.25, 0.3) is 0 Å². The van der Waals surface area contributed by atoms with E-state index in [9.17, 15) is 17.6 Å². The van der Waals surface area contributed by atoms with Crippen molar-refractivity contribution in [3.8, 4) is 0 Å². The van der Waals surface area contributed by atoms with Crippen LogP contribution in [0.4, 0.5) is 10.1 Å². The van der Waals surface area contributed by atoms with E-state index in [1.165, 1.54) is 25.1 Å². The van der Waals surface area contributed by atoms with Crippen LogP contribution in [0.3, 0.4) is 0 Å². The van der Waals surface area contributed by atoms with Gasteiger partial charge in [-0.05, 0) is 35.9 Å². The van der Waals surface area contributed by atoms with Crippen molar-refractivity contribution in [2.45, 2.75) is 13.5 Å². The summed E-state index contributed by atoms with van der Waals surface area (Å²) in [6.07, 6.45) is 0. The molecule has 0 aliphatic rings. The summed E-state index contributed by atoms with van der Waals surface area (Å²) < 4.78 is 39.6. The molecule has 2 aromatic rings. The molecule has 25 heavy (non-hydrogen) atoms. The highest BCUT2D eigenvalue weighted by molar-refractivity contribution is 7.92. The van der Waals surface area contributed by atoms with Gasteiger partial charge in [-0.15, -0.1) is 0 Å². The fourth-order valence-electron chi connectivity index (χ4n) is 2.14. The number of nitrogens with one attached hydrogen (secondary N) is 2. The first-order valence-electron chi connectivity index (χ1n) is 7.53. The summed E-state index contributed by atoms with van der Waals surface area (Å²) in [5.41, 5.74) is 0.972. The van der Waals surface area contributed by atoms with E-state index in [0.29, 0.717) is 5.02 Å². The van der Waals surface area contributed by atoms with Gasteiger partial charge in [0.2, 0.25) is 15.9 Å². The minimum absolute atomic E-state index is 0.119. The summed E-state index contributed by atoms with van der Waals surface area (Å²) in [6.45, 7) is 1.79. The zero-order chi connectivity index (χ0) is 18.4. The van der Waals surface area contributed by atoms with E-state index in [4.69, 9.17) is 11.6 Å². The standard InChI is InChI=1S/C17H18ClFN2O3S/c1-12(17(22)20-10-13-5-7-14(18)8-6-13)11-25(23,24)21-16-4-2-3-15(19)9-16/h2-9,12,21H,10-11H2,1H3,(H,20,22). The third kappa shape index (κ3) is 6.36. The summed E-state index contributed by atoms with van der Waals surface area (Å²) in [5.74, 6) is -2.11. The first kappa shape index (κ1) is 19.2. The number of halogens is 2. The highest BCUT2D eigenvalue weighted by Gasteiger charge is 2.21. The van der Waals surface area contributed by atoms with Crippen LogP contribution >= 0.6 is 11.6 Å². The van der Waals surface area contributed by atoms with E-state index in [0.717, 1.165) is 11.6 Å².